The molecule has 0 aliphatic heterocycles. The lowest BCUT2D eigenvalue weighted by molar-refractivity contribution is -0.114. The molecule has 0 aliphatic rings. The summed E-state index contributed by atoms with van der Waals surface area (Å²) < 4.78 is 10.6. The van der Waals surface area contributed by atoms with Crippen molar-refractivity contribution in [3.8, 4) is 5.75 Å². The predicted octanol–water partition coefficient (Wildman–Crippen LogP) is 3.46. The van der Waals surface area contributed by atoms with Crippen molar-refractivity contribution >= 4 is 23.2 Å². The van der Waals surface area contributed by atoms with Gasteiger partial charge in [0.1, 0.15) is 12.4 Å². The SMILES string of the molecule is C=C(C)COc1ccccc1NCC(=O)Nc1ccc(C(=O)NCCCOC)cc1. The first kappa shape index (κ1) is 23.0. The van der Waals surface area contributed by atoms with Gasteiger partial charge in [0, 0.05) is 31.5 Å². The lowest BCUT2D eigenvalue weighted by Crippen LogP contribution is -2.25. The van der Waals surface area contributed by atoms with Crippen molar-refractivity contribution in [1.29, 1.82) is 0 Å². The first-order valence-electron chi connectivity index (χ1n) is 9.76. The Morgan fingerprint density at radius 3 is 2.50 bits per heavy atom. The highest BCUT2D eigenvalue weighted by atomic mass is 16.5. The number of hydrogen-bond donors (Lipinski definition) is 3. The number of para-hydroxylation sites is 2. The summed E-state index contributed by atoms with van der Waals surface area (Å²) >= 11 is 0. The molecule has 0 aliphatic carbocycles. The molecular weight excluding hydrogens is 382 g/mol. The van der Waals surface area contributed by atoms with Crippen LogP contribution in [-0.4, -0.2) is 45.2 Å². The molecule has 0 saturated carbocycles. The van der Waals surface area contributed by atoms with Gasteiger partial charge in [-0.2, -0.15) is 0 Å². The second-order valence-electron chi connectivity index (χ2n) is 6.82. The van der Waals surface area contributed by atoms with Gasteiger partial charge in [-0.05, 0) is 55.3 Å². The number of carbonyl (C=O) groups is 2. The molecule has 2 amide bonds. The molecule has 0 spiro atoms. The number of amides is 2. The zero-order valence-corrected chi connectivity index (χ0v) is 17.5. The second kappa shape index (κ2) is 12.3. The van der Waals surface area contributed by atoms with E-state index in [0.29, 0.717) is 36.8 Å². The largest absolute Gasteiger partial charge is 0.487 e. The van der Waals surface area contributed by atoms with E-state index in [2.05, 4.69) is 22.5 Å². The normalized spacial score (nSPS) is 10.2. The standard InChI is InChI=1S/C23H29N3O4/c1-17(2)16-30-21-8-5-4-7-20(21)25-15-22(27)26-19-11-9-18(10-12-19)23(28)24-13-6-14-29-3/h4-5,7-12,25H,1,6,13-16H2,2-3H3,(H,24,28)(H,26,27). The minimum atomic E-state index is -0.207. The monoisotopic (exact) mass is 411 g/mol. The third-order valence-corrected chi connectivity index (χ3v) is 4.04. The van der Waals surface area contributed by atoms with Crippen LogP contribution in [0.15, 0.2) is 60.7 Å². The maximum atomic E-state index is 12.3. The maximum absolute atomic E-state index is 12.3. The van der Waals surface area contributed by atoms with Crippen LogP contribution in [-0.2, 0) is 9.53 Å². The molecular formula is C23H29N3O4. The number of methoxy groups -OCH3 is 1. The molecule has 0 heterocycles. The molecule has 2 aromatic rings. The molecule has 0 saturated heterocycles. The molecule has 0 atom stereocenters. The van der Waals surface area contributed by atoms with Crippen LogP contribution in [0.1, 0.15) is 23.7 Å². The summed E-state index contributed by atoms with van der Waals surface area (Å²) in [7, 11) is 1.63. The Balaban J connectivity index is 1.83. The molecule has 3 N–H and O–H groups in total. The van der Waals surface area contributed by atoms with Gasteiger partial charge in [-0.25, -0.2) is 0 Å². The van der Waals surface area contributed by atoms with Crippen molar-refractivity contribution < 1.29 is 19.1 Å². The fourth-order valence-corrected chi connectivity index (χ4v) is 2.55. The summed E-state index contributed by atoms with van der Waals surface area (Å²) in [5.41, 5.74) is 2.79. The number of ether oxygens (including phenoxy) is 2. The minimum absolute atomic E-state index is 0.0786. The number of anilines is 2. The van der Waals surface area contributed by atoms with Crippen LogP contribution in [0.2, 0.25) is 0 Å². The Kier molecular flexibility index (Phi) is 9.40. The van der Waals surface area contributed by atoms with Gasteiger partial charge in [-0.15, -0.1) is 0 Å². The van der Waals surface area contributed by atoms with E-state index >= 15 is 0 Å². The first-order valence-corrected chi connectivity index (χ1v) is 9.76. The Morgan fingerprint density at radius 2 is 1.80 bits per heavy atom. The summed E-state index contributed by atoms with van der Waals surface area (Å²) in [5, 5.41) is 8.70. The molecule has 30 heavy (non-hydrogen) atoms. The summed E-state index contributed by atoms with van der Waals surface area (Å²) in [6, 6.07) is 14.2. The zero-order chi connectivity index (χ0) is 21.8. The average molecular weight is 412 g/mol. The van der Waals surface area contributed by atoms with Crippen molar-refractivity contribution in [2.75, 3.05) is 44.0 Å². The second-order valence-corrected chi connectivity index (χ2v) is 6.82. The maximum Gasteiger partial charge on any atom is 0.251 e. The molecule has 160 valence electrons. The van der Waals surface area contributed by atoms with Crippen molar-refractivity contribution in [3.05, 3.63) is 66.2 Å². The van der Waals surface area contributed by atoms with Crippen LogP contribution >= 0.6 is 0 Å². The molecule has 2 rings (SSSR count). The van der Waals surface area contributed by atoms with Gasteiger partial charge in [0.05, 0.1) is 12.2 Å². The predicted molar refractivity (Wildman–Crippen MR) is 119 cm³/mol. The molecule has 0 aromatic heterocycles. The number of nitrogens with one attached hydrogen (secondary N) is 3. The minimum Gasteiger partial charge on any atom is -0.487 e. The Morgan fingerprint density at radius 1 is 1.07 bits per heavy atom. The highest BCUT2D eigenvalue weighted by molar-refractivity contribution is 5.96. The fraction of sp³-hybridized carbons (Fsp3) is 0.304. The number of rotatable bonds is 12. The number of hydrogen-bond acceptors (Lipinski definition) is 5. The van der Waals surface area contributed by atoms with Crippen LogP contribution in [0.25, 0.3) is 0 Å². The Hall–Kier alpha value is -3.32. The Labute approximate surface area is 177 Å². The molecule has 0 bridgehead atoms. The summed E-state index contributed by atoms with van der Waals surface area (Å²) in [4.78, 5) is 24.3. The van der Waals surface area contributed by atoms with E-state index < -0.39 is 0 Å². The lowest BCUT2D eigenvalue weighted by atomic mass is 10.2. The van der Waals surface area contributed by atoms with Crippen LogP contribution in [0.3, 0.4) is 0 Å². The van der Waals surface area contributed by atoms with Crippen LogP contribution in [0.5, 0.6) is 5.75 Å². The molecule has 7 nitrogen and oxygen atoms in total. The average Bonchev–Trinajstić information content (AvgIpc) is 2.74. The van der Waals surface area contributed by atoms with Gasteiger partial charge < -0.3 is 25.4 Å². The lowest BCUT2D eigenvalue weighted by Gasteiger charge is -2.13. The zero-order valence-electron chi connectivity index (χ0n) is 17.5. The molecule has 0 radical (unpaired) electrons. The van der Waals surface area contributed by atoms with Crippen LogP contribution in [0.4, 0.5) is 11.4 Å². The van der Waals surface area contributed by atoms with Crippen molar-refractivity contribution in [1.82, 2.24) is 5.32 Å². The third-order valence-electron chi connectivity index (χ3n) is 4.04. The highest BCUT2D eigenvalue weighted by Gasteiger charge is 2.08. The van der Waals surface area contributed by atoms with Crippen LogP contribution in [0, 0.1) is 0 Å². The molecule has 0 unspecified atom stereocenters. The van der Waals surface area contributed by atoms with E-state index in [4.69, 9.17) is 9.47 Å². The van der Waals surface area contributed by atoms with Gasteiger partial charge >= 0.3 is 0 Å². The fourth-order valence-electron chi connectivity index (χ4n) is 2.55. The van der Waals surface area contributed by atoms with E-state index in [0.717, 1.165) is 17.7 Å². The molecule has 0 fully saturated rings. The van der Waals surface area contributed by atoms with Gasteiger partial charge in [-0.1, -0.05) is 18.7 Å². The van der Waals surface area contributed by atoms with Gasteiger partial charge in [0.2, 0.25) is 5.91 Å². The summed E-state index contributed by atoms with van der Waals surface area (Å²) in [5.74, 6) is 0.299. The summed E-state index contributed by atoms with van der Waals surface area (Å²) in [6.45, 7) is 7.35. The van der Waals surface area contributed by atoms with Crippen molar-refractivity contribution in [3.63, 3.8) is 0 Å². The smallest absolute Gasteiger partial charge is 0.251 e. The van der Waals surface area contributed by atoms with Crippen LogP contribution < -0.4 is 20.7 Å². The number of carbonyl (C=O) groups excluding carboxylic acids is 2. The van der Waals surface area contributed by atoms with E-state index in [1.807, 2.05) is 31.2 Å². The molecule has 7 heteroatoms. The van der Waals surface area contributed by atoms with Gasteiger partial charge in [0.15, 0.2) is 0 Å². The van der Waals surface area contributed by atoms with Gasteiger partial charge in [0.25, 0.3) is 5.91 Å². The van der Waals surface area contributed by atoms with E-state index in [9.17, 15) is 9.59 Å². The number of benzene rings is 2. The first-order chi connectivity index (χ1) is 14.5. The Bertz CT molecular complexity index is 850. The topological polar surface area (TPSA) is 88.7 Å². The quantitative estimate of drug-likeness (QED) is 0.368. The highest BCUT2D eigenvalue weighted by Crippen LogP contribution is 2.24. The molecule has 2 aromatic carbocycles. The summed E-state index contributed by atoms with van der Waals surface area (Å²) in [6.07, 6.45) is 0.755. The van der Waals surface area contributed by atoms with Crippen molar-refractivity contribution in [2.45, 2.75) is 13.3 Å². The third kappa shape index (κ3) is 7.97. The van der Waals surface area contributed by atoms with E-state index in [-0.39, 0.29) is 18.4 Å². The van der Waals surface area contributed by atoms with Crippen molar-refractivity contribution in [2.24, 2.45) is 0 Å². The van der Waals surface area contributed by atoms with E-state index in [1.165, 1.54) is 0 Å². The van der Waals surface area contributed by atoms with E-state index in [1.54, 1.807) is 31.4 Å². The van der Waals surface area contributed by atoms with Gasteiger partial charge in [-0.3, -0.25) is 9.59 Å².